The second kappa shape index (κ2) is 7.44. The van der Waals surface area contributed by atoms with Crippen LogP contribution in [0, 0.1) is 5.92 Å². The van der Waals surface area contributed by atoms with E-state index in [1.165, 1.54) is 18.4 Å². The van der Waals surface area contributed by atoms with Crippen LogP contribution in [-0.2, 0) is 11.2 Å². The van der Waals surface area contributed by atoms with Crippen LogP contribution in [0.4, 0.5) is 0 Å². The lowest BCUT2D eigenvalue weighted by Crippen LogP contribution is -2.40. The van der Waals surface area contributed by atoms with Crippen molar-refractivity contribution in [2.24, 2.45) is 5.92 Å². The van der Waals surface area contributed by atoms with Crippen LogP contribution in [0.1, 0.15) is 31.7 Å². The molecule has 0 heterocycles. The lowest BCUT2D eigenvalue weighted by molar-refractivity contribution is -0.122. The second-order valence-electron chi connectivity index (χ2n) is 5.93. The molecule has 20 heavy (non-hydrogen) atoms. The Morgan fingerprint density at radius 1 is 1.35 bits per heavy atom. The number of aryl methyl sites for hydroxylation is 1. The van der Waals surface area contributed by atoms with Crippen LogP contribution >= 0.6 is 0 Å². The van der Waals surface area contributed by atoms with Gasteiger partial charge in [-0.25, -0.2) is 0 Å². The summed E-state index contributed by atoms with van der Waals surface area (Å²) in [6.45, 7) is 3.50. The summed E-state index contributed by atoms with van der Waals surface area (Å²) >= 11 is 0. The first-order chi connectivity index (χ1) is 9.66. The third-order valence-corrected chi connectivity index (χ3v) is 4.20. The first kappa shape index (κ1) is 15.0. The van der Waals surface area contributed by atoms with Gasteiger partial charge < -0.3 is 5.32 Å². The normalized spacial score (nSPS) is 16.1. The van der Waals surface area contributed by atoms with Crippen LogP contribution in [0.2, 0.25) is 0 Å². The average molecular weight is 274 g/mol. The summed E-state index contributed by atoms with van der Waals surface area (Å²) in [5.74, 6) is 0.957. The van der Waals surface area contributed by atoms with Crippen molar-refractivity contribution in [3.05, 3.63) is 35.9 Å². The lowest BCUT2D eigenvalue weighted by Gasteiger charge is -2.23. The zero-order valence-electron chi connectivity index (χ0n) is 12.6. The largest absolute Gasteiger partial charge is 0.355 e. The van der Waals surface area contributed by atoms with Gasteiger partial charge in [-0.1, -0.05) is 30.3 Å². The van der Waals surface area contributed by atoms with Gasteiger partial charge in [0.15, 0.2) is 0 Å². The molecule has 1 aromatic rings. The fraction of sp³-hybridized carbons (Fsp3) is 0.588. The number of nitrogens with one attached hydrogen (secondary N) is 1. The summed E-state index contributed by atoms with van der Waals surface area (Å²) in [6.07, 6.45) is 4.67. The van der Waals surface area contributed by atoms with Gasteiger partial charge in [0.05, 0.1) is 6.54 Å². The number of hydrogen-bond donors (Lipinski definition) is 1. The Kier molecular flexibility index (Phi) is 5.60. The monoisotopic (exact) mass is 274 g/mol. The van der Waals surface area contributed by atoms with Gasteiger partial charge in [0, 0.05) is 12.6 Å². The highest BCUT2D eigenvalue weighted by Crippen LogP contribution is 2.34. The number of carbonyl (C=O) groups is 1. The van der Waals surface area contributed by atoms with Gasteiger partial charge in [0.1, 0.15) is 0 Å². The van der Waals surface area contributed by atoms with E-state index in [2.05, 4.69) is 41.4 Å². The van der Waals surface area contributed by atoms with Crippen LogP contribution in [0.25, 0.3) is 0 Å². The molecule has 1 aliphatic carbocycles. The summed E-state index contributed by atoms with van der Waals surface area (Å²) in [7, 11) is 2.05. The molecule has 1 amide bonds. The van der Waals surface area contributed by atoms with E-state index in [4.69, 9.17) is 0 Å². The third kappa shape index (κ3) is 4.97. The maximum absolute atomic E-state index is 11.9. The molecule has 0 saturated heterocycles. The summed E-state index contributed by atoms with van der Waals surface area (Å²) in [5, 5.41) is 3.02. The van der Waals surface area contributed by atoms with Crippen molar-refractivity contribution in [3.8, 4) is 0 Å². The van der Waals surface area contributed by atoms with Gasteiger partial charge in [-0.2, -0.15) is 0 Å². The second-order valence-corrected chi connectivity index (χ2v) is 5.93. The Bertz CT molecular complexity index is 414. The molecule has 1 unspecified atom stereocenters. The van der Waals surface area contributed by atoms with Crippen molar-refractivity contribution in [2.75, 3.05) is 20.1 Å². The highest BCUT2D eigenvalue weighted by molar-refractivity contribution is 5.77. The molecule has 1 aliphatic rings. The topological polar surface area (TPSA) is 32.3 Å². The molecule has 0 bridgehead atoms. The van der Waals surface area contributed by atoms with Crippen LogP contribution in [-0.4, -0.2) is 37.0 Å². The van der Waals surface area contributed by atoms with E-state index < -0.39 is 0 Å². The fourth-order valence-corrected chi connectivity index (χ4v) is 2.53. The smallest absolute Gasteiger partial charge is 0.234 e. The maximum Gasteiger partial charge on any atom is 0.234 e. The highest BCUT2D eigenvalue weighted by Gasteiger charge is 2.30. The SMILES string of the molecule is CC(C1CC1)N(C)CC(=O)NCCCc1ccccc1. The Labute approximate surface area is 122 Å². The minimum atomic E-state index is 0.146. The first-order valence-corrected chi connectivity index (χ1v) is 7.67. The maximum atomic E-state index is 11.9. The molecule has 1 aromatic carbocycles. The van der Waals surface area contributed by atoms with Crippen molar-refractivity contribution in [1.82, 2.24) is 10.2 Å². The third-order valence-electron chi connectivity index (χ3n) is 4.20. The Hall–Kier alpha value is -1.35. The molecule has 0 radical (unpaired) electrons. The molecular formula is C17H26N2O. The molecule has 0 aliphatic heterocycles. The number of benzene rings is 1. The van der Waals surface area contributed by atoms with Crippen LogP contribution < -0.4 is 5.32 Å². The minimum absolute atomic E-state index is 0.146. The minimum Gasteiger partial charge on any atom is -0.355 e. The summed E-state index contributed by atoms with van der Waals surface area (Å²) in [6, 6.07) is 10.9. The highest BCUT2D eigenvalue weighted by atomic mass is 16.2. The van der Waals surface area contributed by atoms with Crippen molar-refractivity contribution in [3.63, 3.8) is 0 Å². The van der Waals surface area contributed by atoms with E-state index >= 15 is 0 Å². The molecule has 2 rings (SSSR count). The number of likely N-dealkylation sites (N-methyl/N-ethyl adjacent to an activating group) is 1. The predicted molar refractivity (Wildman–Crippen MR) is 82.6 cm³/mol. The van der Waals surface area contributed by atoms with Crippen molar-refractivity contribution < 1.29 is 4.79 Å². The summed E-state index contributed by atoms with van der Waals surface area (Å²) in [5.41, 5.74) is 1.33. The summed E-state index contributed by atoms with van der Waals surface area (Å²) < 4.78 is 0. The van der Waals surface area contributed by atoms with Crippen molar-refractivity contribution >= 4 is 5.91 Å². The first-order valence-electron chi connectivity index (χ1n) is 7.67. The van der Waals surface area contributed by atoms with E-state index in [-0.39, 0.29) is 5.91 Å². The molecule has 3 nitrogen and oxygen atoms in total. The quantitative estimate of drug-likeness (QED) is 0.739. The molecule has 1 fully saturated rings. The molecule has 110 valence electrons. The van der Waals surface area contributed by atoms with Crippen molar-refractivity contribution in [1.29, 1.82) is 0 Å². The molecule has 1 atom stereocenters. The lowest BCUT2D eigenvalue weighted by atomic mass is 10.1. The van der Waals surface area contributed by atoms with Crippen LogP contribution in [0.3, 0.4) is 0 Å². The Morgan fingerprint density at radius 3 is 2.70 bits per heavy atom. The van der Waals surface area contributed by atoms with Gasteiger partial charge in [-0.3, -0.25) is 9.69 Å². The molecule has 0 aromatic heterocycles. The predicted octanol–water partition coefficient (Wildman–Crippen LogP) is 2.47. The standard InChI is InChI=1S/C17H26N2O/c1-14(16-10-11-16)19(2)13-17(20)18-12-6-9-15-7-4-3-5-8-15/h3-5,7-8,14,16H,6,9-13H2,1-2H3,(H,18,20). The van der Waals surface area contributed by atoms with E-state index in [1.807, 2.05) is 13.1 Å². The van der Waals surface area contributed by atoms with Gasteiger partial charge in [-0.15, -0.1) is 0 Å². The van der Waals surface area contributed by atoms with E-state index in [0.29, 0.717) is 12.6 Å². The molecule has 0 spiro atoms. The Balaban J connectivity index is 1.58. The molecular weight excluding hydrogens is 248 g/mol. The molecule has 3 heteroatoms. The van der Waals surface area contributed by atoms with E-state index in [9.17, 15) is 4.79 Å². The van der Waals surface area contributed by atoms with E-state index in [1.54, 1.807) is 0 Å². The number of rotatable bonds is 8. The Morgan fingerprint density at radius 2 is 2.05 bits per heavy atom. The number of amides is 1. The van der Waals surface area contributed by atoms with Gasteiger partial charge in [0.25, 0.3) is 0 Å². The van der Waals surface area contributed by atoms with E-state index in [0.717, 1.165) is 25.3 Å². The average Bonchev–Trinajstić information content (AvgIpc) is 3.28. The number of carbonyl (C=O) groups excluding carboxylic acids is 1. The van der Waals surface area contributed by atoms with Gasteiger partial charge >= 0.3 is 0 Å². The zero-order valence-corrected chi connectivity index (χ0v) is 12.6. The zero-order chi connectivity index (χ0) is 14.4. The number of nitrogens with zero attached hydrogens (tertiary/aromatic N) is 1. The van der Waals surface area contributed by atoms with Crippen LogP contribution in [0.15, 0.2) is 30.3 Å². The van der Waals surface area contributed by atoms with Crippen LogP contribution in [0.5, 0.6) is 0 Å². The van der Waals surface area contributed by atoms with Gasteiger partial charge in [0.2, 0.25) is 5.91 Å². The molecule has 1 N–H and O–H groups in total. The van der Waals surface area contributed by atoms with Gasteiger partial charge in [-0.05, 0) is 51.1 Å². The van der Waals surface area contributed by atoms with Crippen molar-refractivity contribution in [2.45, 2.75) is 38.6 Å². The fourth-order valence-electron chi connectivity index (χ4n) is 2.53. The molecule has 1 saturated carbocycles. The summed E-state index contributed by atoms with van der Waals surface area (Å²) in [4.78, 5) is 14.0. The number of hydrogen-bond acceptors (Lipinski definition) is 2.